The summed E-state index contributed by atoms with van der Waals surface area (Å²) in [6.45, 7) is 0.116. The van der Waals surface area contributed by atoms with Crippen molar-refractivity contribution in [1.29, 1.82) is 0 Å². The molecule has 1 unspecified atom stereocenters. The molecular formula is C19H17N3O3. The number of hydrogen-bond acceptors (Lipinski definition) is 3. The van der Waals surface area contributed by atoms with Crippen molar-refractivity contribution in [2.24, 2.45) is 0 Å². The Kier molecular flexibility index (Phi) is 4.89. The fraction of sp³-hybridized carbons (Fsp3) is 0.105. The Morgan fingerprint density at radius 3 is 2.72 bits per heavy atom. The van der Waals surface area contributed by atoms with Crippen LogP contribution in [0.25, 0.3) is 16.8 Å². The Hall–Kier alpha value is -3.41. The van der Waals surface area contributed by atoms with Crippen LogP contribution in [0.2, 0.25) is 0 Å². The average Bonchev–Trinajstić information content (AvgIpc) is 3.12. The number of carbonyl (C=O) groups is 2. The van der Waals surface area contributed by atoms with Gasteiger partial charge in [-0.05, 0) is 28.5 Å². The summed E-state index contributed by atoms with van der Waals surface area (Å²) < 4.78 is 1.60. The molecule has 25 heavy (non-hydrogen) atoms. The second-order valence-corrected chi connectivity index (χ2v) is 5.60. The van der Waals surface area contributed by atoms with Crippen molar-refractivity contribution in [2.75, 3.05) is 0 Å². The van der Waals surface area contributed by atoms with Gasteiger partial charge in [-0.25, -0.2) is 9.78 Å². The Morgan fingerprint density at radius 1 is 1.20 bits per heavy atom. The lowest BCUT2D eigenvalue weighted by atomic mass is 10.1. The van der Waals surface area contributed by atoms with Crippen LogP contribution in [0.5, 0.6) is 0 Å². The van der Waals surface area contributed by atoms with Crippen molar-refractivity contribution in [3.8, 4) is 0 Å². The number of amides is 1. The van der Waals surface area contributed by atoms with E-state index >= 15 is 0 Å². The van der Waals surface area contributed by atoms with E-state index in [9.17, 15) is 14.7 Å². The van der Waals surface area contributed by atoms with Crippen LogP contribution in [-0.4, -0.2) is 32.6 Å². The molecule has 0 saturated carbocycles. The molecule has 1 aromatic heterocycles. The summed E-state index contributed by atoms with van der Waals surface area (Å²) in [5, 5.41) is 13.9. The van der Waals surface area contributed by atoms with Gasteiger partial charge in [0.2, 0.25) is 5.91 Å². The molecule has 0 aliphatic rings. The summed E-state index contributed by atoms with van der Waals surface area (Å²) in [5.74, 6) is -1.55. The number of aliphatic carboxylic acids is 1. The van der Waals surface area contributed by atoms with Crippen LogP contribution in [0, 0.1) is 0 Å². The quantitative estimate of drug-likeness (QED) is 0.677. The number of fused-ring (bicyclic) bond motifs is 1. The normalized spacial score (nSPS) is 12.3. The molecule has 6 heteroatoms. The van der Waals surface area contributed by atoms with Crippen LogP contribution in [0.15, 0.2) is 67.3 Å². The average molecular weight is 335 g/mol. The standard InChI is InChI=1S/C19H17N3O3/c23-18(21-17(19(24)25)12-22-10-9-20-13-22)8-6-14-5-7-15-3-1-2-4-16(15)11-14/h1-11,13,17H,12H2,(H,21,23)(H,24,25). The van der Waals surface area contributed by atoms with Crippen molar-refractivity contribution in [2.45, 2.75) is 12.6 Å². The Morgan fingerprint density at radius 2 is 2.00 bits per heavy atom. The monoisotopic (exact) mass is 335 g/mol. The first kappa shape index (κ1) is 16.4. The molecule has 3 rings (SSSR count). The highest BCUT2D eigenvalue weighted by atomic mass is 16.4. The maximum absolute atomic E-state index is 12.0. The molecule has 0 fully saturated rings. The number of hydrogen-bond donors (Lipinski definition) is 2. The fourth-order valence-electron chi connectivity index (χ4n) is 2.49. The highest BCUT2D eigenvalue weighted by Crippen LogP contribution is 2.16. The number of carboxylic acids is 1. The van der Waals surface area contributed by atoms with Crippen LogP contribution < -0.4 is 5.32 Å². The maximum atomic E-state index is 12.0. The first-order valence-corrected chi connectivity index (χ1v) is 7.78. The lowest BCUT2D eigenvalue weighted by Gasteiger charge is -2.13. The van der Waals surface area contributed by atoms with E-state index in [1.165, 1.54) is 12.4 Å². The molecule has 1 heterocycles. The summed E-state index contributed by atoms with van der Waals surface area (Å²) in [6.07, 6.45) is 7.71. The van der Waals surface area contributed by atoms with Crippen LogP contribution >= 0.6 is 0 Å². The van der Waals surface area contributed by atoms with Gasteiger partial charge in [-0.1, -0.05) is 36.4 Å². The Bertz CT molecular complexity index is 917. The van der Waals surface area contributed by atoms with Gasteiger partial charge in [0.25, 0.3) is 0 Å². The molecule has 0 aliphatic heterocycles. The second kappa shape index (κ2) is 7.44. The minimum Gasteiger partial charge on any atom is -0.480 e. The lowest BCUT2D eigenvalue weighted by molar-refractivity contribution is -0.141. The Balaban J connectivity index is 1.66. The third-order valence-corrected chi connectivity index (χ3v) is 3.77. The first-order valence-electron chi connectivity index (χ1n) is 7.78. The molecule has 1 atom stereocenters. The van der Waals surface area contributed by atoms with E-state index in [1.54, 1.807) is 23.0 Å². The predicted octanol–water partition coefficient (Wildman–Crippen LogP) is 2.32. The van der Waals surface area contributed by atoms with E-state index in [0.29, 0.717) is 0 Å². The van der Waals surface area contributed by atoms with Gasteiger partial charge in [0.1, 0.15) is 6.04 Å². The minimum absolute atomic E-state index is 0.116. The van der Waals surface area contributed by atoms with Gasteiger partial charge in [0, 0.05) is 18.5 Å². The number of nitrogens with one attached hydrogen (secondary N) is 1. The van der Waals surface area contributed by atoms with Crippen LogP contribution in [-0.2, 0) is 16.1 Å². The maximum Gasteiger partial charge on any atom is 0.328 e. The molecule has 126 valence electrons. The first-order chi connectivity index (χ1) is 12.1. The molecule has 0 radical (unpaired) electrons. The molecule has 0 saturated heterocycles. The Labute approximate surface area is 144 Å². The van der Waals surface area contributed by atoms with Gasteiger partial charge in [0.05, 0.1) is 12.9 Å². The van der Waals surface area contributed by atoms with Crippen LogP contribution in [0.4, 0.5) is 0 Å². The smallest absolute Gasteiger partial charge is 0.328 e. The number of carbonyl (C=O) groups excluding carboxylic acids is 1. The molecule has 6 nitrogen and oxygen atoms in total. The predicted molar refractivity (Wildman–Crippen MR) is 94.8 cm³/mol. The van der Waals surface area contributed by atoms with Gasteiger partial charge < -0.3 is 15.0 Å². The van der Waals surface area contributed by atoms with E-state index in [0.717, 1.165) is 16.3 Å². The third-order valence-electron chi connectivity index (χ3n) is 3.77. The van der Waals surface area contributed by atoms with Crippen molar-refractivity contribution < 1.29 is 14.7 Å². The third kappa shape index (κ3) is 4.32. The number of rotatable bonds is 6. The zero-order valence-electron chi connectivity index (χ0n) is 13.4. The van der Waals surface area contributed by atoms with Gasteiger partial charge in [-0.2, -0.15) is 0 Å². The molecule has 0 bridgehead atoms. The SMILES string of the molecule is O=C(C=Cc1ccc2ccccc2c1)NC(Cn1ccnc1)C(=O)O. The summed E-state index contributed by atoms with van der Waals surface area (Å²) in [7, 11) is 0. The lowest BCUT2D eigenvalue weighted by Crippen LogP contribution is -2.42. The molecule has 0 spiro atoms. The van der Waals surface area contributed by atoms with E-state index < -0.39 is 17.9 Å². The zero-order chi connectivity index (χ0) is 17.6. The number of nitrogens with zero attached hydrogens (tertiary/aromatic N) is 2. The molecule has 3 aromatic rings. The van der Waals surface area contributed by atoms with Gasteiger partial charge in [-0.3, -0.25) is 4.79 Å². The van der Waals surface area contributed by atoms with E-state index in [2.05, 4.69) is 10.3 Å². The van der Waals surface area contributed by atoms with Gasteiger partial charge in [-0.15, -0.1) is 0 Å². The summed E-state index contributed by atoms with van der Waals surface area (Å²) in [4.78, 5) is 27.2. The van der Waals surface area contributed by atoms with Crippen molar-refractivity contribution in [3.05, 3.63) is 72.8 Å². The summed E-state index contributed by atoms with van der Waals surface area (Å²) >= 11 is 0. The molecule has 0 aliphatic carbocycles. The van der Waals surface area contributed by atoms with E-state index in [-0.39, 0.29) is 6.54 Å². The van der Waals surface area contributed by atoms with Crippen molar-refractivity contribution in [3.63, 3.8) is 0 Å². The fourth-order valence-corrected chi connectivity index (χ4v) is 2.49. The van der Waals surface area contributed by atoms with E-state index in [4.69, 9.17) is 0 Å². The summed E-state index contributed by atoms with van der Waals surface area (Å²) in [5.41, 5.74) is 0.871. The molecular weight excluding hydrogens is 318 g/mol. The summed E-state index contributed by atoms with van der Waals surface area (Å²) in [6, 6.07) is 12.8. The van der Waals surface area contributed by atoms with Gasteiger partial charge in [0.15, 0.2) is 0 Å². The second-order valence-electron chi connectivity index (χ2n) is 5.60. The molecule has 1 amide bonds. The number of benzene rings is 2. The number of carboxylic acid groups (broad SMARTS) is 1. The highest BCUT2D eigenvalue weighted by molar-refractivity contribution is 5.95. The largest absolute Gasteiger partial charge is 0.480 e. The van der Waals surface area contributed by atoms with Gasteiger partial charge >= 0.3 is 5.97 Å². The van der Waals surface area contributed by atoms with Crippen LogP contribution in [0.1, 0.15) is 5.56 Å². The number of aromatic nitrogens is 2. The molecule has 2 N–H and O–H groups in total. The topological polar surface area (TPSA) is 84.2 Å². The zero-order valence-corrected chi connectivity index (χ0v) is 13.4. The van der Waals surface area contributed by atoms with Crippen LogP contribution in [0.3, 0.4) is 0 Å². The molecule has 2 aromatic carbocycles. The van der Waals surface area contributed by atoms with Crippen molar-refractivity contribution >= 4 is 28.7 Å². The number of imidazole rings is 1. The minimum atomic E-state index is -1.10. The van der Waals surface area contributed by atoms with Crippen molar-refractivity contribution in [1.82, 2.24) is 14.9 Å². The van der Waals surface area contributed by atoms with E-state index in [1.807, 2.05) is 42.5 Å². The highest BCUT2D eigenvalue weighted by Gasteiger charge is 2.19.